The van der Waals surface area contributed by atoms with Gasteiger partial charge in [-0.3, -0.25) is 4.79 Å². The number of hydrogen-bond donors (Lipinski definition) is 2. The topological polar surface area (TPSA) is 66.4 Å². The monoisotopic (exact) mass is 307 g/mol. The Labute approximate surface area is 128 Å². The van der Waals surface area contributed by atoms with Crippen LogP contribution in [0.5, 0.6) is 0 Å². The van der Waals surface area contributed by atoms with E-state index in [-0.39, 0.29) is 11.8 Å². The van der Waals surface area contributed by atoms with Gasteiger partial charge in [-0.25, -0.2) is 4.79 Å². The second-order valence-electron chi connectivity index (χ2n) is 6.32. The van der Waals surface area contributed by atoms with Crippen LogP contribution >= 0.6 is 11.6 Å². The van der Waals surface area contributed by atoms with Crippen molar-refractivity contribution in [1.82, 2.24) is 5.32 Å². The van der Waals surface area contributed by atoms with Gasteiger partial charge in [0.2, 0.25) is 5.91 Å². The molecule has 4 nitrogen and oxygen atoms in total. The highest BCUT2D eigenvalue weighted by molar-refractivity contribution is 6.30. The molecule has 3 rings (SSSR count). The van der Waals surface area contributed by atoms with Gasteiger partial charge in [0, 0.05) is 5.02 Å². The van der Waals surface area contributed by atoms with Crippen LogP contribution in [0.2, 0.25) is 5.02 Å². The highest BCUT2D eigenvalue weighted by atomic mass is 35.5. The van der Waals surface area contributed by atoms with E-state index < -0.39 is 16.9 Å². The number of carboxylic acid groups (broad SMARTS) is 1. The Morgan fingerprint density at radius 2 is 1.86 bits per heavy atom. The highest BCUT2D eigenvalue weighted by Gasteiger charge is 2.56. The Morgan fingerprint density at radius 3 is 2.29 bits per heavy atom. The summed E-state index contributed by atoms with van der Waals surface area (Å²) < 4.78 is 0. The summed E-state index contributed by atoms with van der Waals surface area (Å²) >= 11 is 5.88. The van der Waals surface area contributed by atoms with Gasteiger partial charge < -0.3 is 10.4 Å². The van der Waals surface area contributed by atoms with Crippen LogP contribution in [-0.4, -0.2) is 22.5 Å². The van der Waals surface area contributed by atoms with Gasteiger partial charge >= 0.3 is 5.97 Å². The van der Waals surface area contributed by atoms with Gasteiger partial charge in [-0.15, -0.1) is 0 Å². The van der Waals surface area contributed by atoms with Gasteiger partial charge in [-0.2, -0.15) is 0 Å². The van der Waals surface area contributed by atoms with Gasteiger partial charge in [0.05, 0.1) is 5.41 Å². The van der Waals surface area contributed by atoms with Crippen LogP contribution in [0, 0.1) is 5.92 Å². The number of amides is 1. The molecule has 2 aliphatic rings. The van der Waals surface area contributed by atoms with Crippen LogP contribution in [0.3, 0.4) is 0 Å². The van der Waals surface area contributed by atoms with Crippen molar-refractivity contribution in [3.8, 4) is 0 Å². The van der Waals surface area contributed by atoms with Crippen LogP contribution in [0.1, 0.15) is 38.2 Å². The van der Waals surface area contributed by atoms with E-state index in [2.05, 4.69) is 5.32 Å². The maximum atomic E-state index is 12.7. The van der Waals surface area contributed by atoms with Crippen LogP contribution in [0.15, 0.2) is 24.3 Å². The van der Waals surface area contributed by atoms with E-state index in [0.717, 1.165) is 31.2 Å². The first-order chi connectivity index (χ1) is 9.88. The van der Waals surface area contributed by atoms with E-state index in [4.69, 9.17) is 11.6 Å². The molecule has 0 heterocycles. The number of carbonyl (C=O) groups excluding carboxylic acids is 1. The van der Waals surface area contributed by atoms with E-state index in [0.29, 0.717) is 5.02 Å². The van der Waals surface area contributed by atoms with E-state index in [9.17, 15) is 14.7 Å². The molecule has 0 bridgehead atoms. The van der Waals surface area contributed by atoms with E-state index >= 15 is 0 Å². The molecular weight excluding hydrogens is 290 g/mol. The first kappa shape index (κ1) is 14.4. The Bertz CT molecular complexity index is 590. The Kier molecular flexibility index (Phi) is 3.24. The second-order valence-corrected chi connectivity index (χ2v) is 6.76. The molecule has 21 heavy (non-hydrogen) atoms. The predicted molar refractivity (Wildman–Crippen MR) is 79.3 cm³/mol. The Balaban J connectivity index is 1.81. The van der Waals surface area contributed by atoms with Gasteiger partial charge in [-0.1, -0.05) is 23.7 Å². The van der Waals surface area contributed by atoms with Crippen LogP contribution in [0.25, 0.3) is 0 Å². The Hall–Kier alpha value is -1.55. The van der Waals surface area contributed by atoms with Gasteiger partial charge in [0.1, 0.15) is 5.54 Å². The summed E-state index contributed by atoms with van der Waals surface area (Å²) in [4.78, 5) is 24.2. The standard InChI is InChI=1S/C16H18ClNO3/c1-15(14(20)21,10-2-3-10)18-13(19)16(8-9-16)11-4-6-12(17)7-5-11/h4-7,10H,2-3,8-9H2,1H3,(H,18,19)(H,20,21). The lowest BCUT2D eigenvalue weighted by Crippen LogP contribution is -2.56. The molecular formula is C16H18ClNO3. The van der Waals surface area contributed by atoms with E-state index in [1.807, 2.05) is 12.1 Å². The third-order valence-corrected chi connectivity index (χ3v) is 5.04. The molecule has 1 amide bonds. The Morgan fingerprint density at radius 1 is 1.29 bits per heavy atom. The lowest BCUT2D eigenvalue weighted by Gasteiger charge is -2.29. The zero-order valence-electron chi connectivity index (χ0n) is 11.9. The SMILES string of the molecule is CC(NC(=O)C1(c2ccc(Cl)cc2)CC1)(C(=O)O)C1CC1. The third-order valence-electron chi connectivity index (χ3n) is 4.79. The zero-order chi connectivity index (χ0) is 15.3. The largest absolute Gasteiger partial charge is 0.480 e. The minimum atomic E-state index is -1.15. The normalized spacial score (nSPS) is 22.2. The molecule has 5 heteroatoms. The number of nitrogens with one attached hydrogen (secondary N) is 1. The summed E-state index contributed by atoms with van der Waals surface area (Å²) in [5.74, 6) is -1.09. The summed E-state index contributed by atoms with van der Waals surface area (Å²) in [5.41, 5.74) is -0.817. The van der Waals surface area contributed by atoms with Crippen molar-refractivity contribution < 1.29 is 14.7 Å². The van der Waals surface area contributed by atoms with E-state index in [1.165, 1.54) is 0 Å². The minimum absolute atomic E-state index is 0.0416. The average molecular weight is 308 g/mol. The van der Waals surface area contributed by atoms with Crippen molar-refractivity contribution >= 4 is 23.5 Å². The lowest BCUT2D eigenvalue weighted by atomic mass is 9.90. The molecule has 112 valence electrons. The molecule has 2 fully saturated rings. The van der Waals surface area contributed by atoms with Crippen molar-refractivity contribution in [1.29, 1.82) is 0 Å². The van der Waals surface area contributed by atoms with Crippen molar-refractivity contribution in [3.63, 3.8) is 0 Å². The molecule has 2 N–H and O–H groups in total. The highest BCUT2D eigenvalue weighted by Crippen LogP contribution is 2.50. The first-order valence-corrected chi connectivity index (χ1v) is 7.58. The fraction of sp³-hybridized carbons (Fsp3) is 0.500. The quantitative estimate of drug-likeness (QED) is 0.879. The van der Waals surface area contributed by atoms with Crippen molar-refractivity contribution in [3.05, 3.63) is 34.9 Å². The fourth-order valence-electron chi connectivity index (χ4n) is 2.89. The number of hydrogen-bond acceptors (Lipinski definition) is 2. The van der Waals surface area contributed by atoms with Crippen molar-refractivity contribution in [2.24, 2.45) is 5.92 Å². The molecule has 2 aliphatic carbocycles. The third kappa shape index (κ3) is 2.42. The van der Waals surface area contributed by atoms with Gasteiger partial charge in [0.15, 0.2) is 0 Å². The molecule has 0 radical (unpaired) electrons. The number of carboxylic acids is 1. The molecule has 0 aromatic heterocycles. The second kappa shape index (κ2) is 4.73. The number of halogens is 1. The summed E-state index contributed by atoms with van der Waals surface area (Å²) in [6.45, 7) is 1.61. The van der Waals surface area contributed by atoms with Crippen molar-refractivity contribution in [2.75, 3.05) is 0 Å². The number of aliphatic carboxylic acids is 1. The lowest BCUT2D eigenvalue weighted by molar-refractivity contribution is -0.148. The molecule has 1 atom stereocenters. The molecule has 1 aromatic rings. The molecule has 2 saturated carbocycles. The summed E-state index contributed by atoms with van der Waals surface area (Å²) in [7, 11) is 0. The average Bonchev–Trinajstić information content (AvgIpc) is 3.30. The number of rotatable bonds is 5. The molecule has 0 saturated heterocycles. The number of benzene rings is 1. The van der Waals surface area contributed by atoms with E-state index in [1.54, 1.807) is 19.1 Å². The fourth-order valence-corrected chi connectivity index (χ4v) is 3.01. The predicted octanol–water partition coefficient (Wildman–Crippen LogP) is 2.74. The molecule has 0 aliphatic heterocycles. The number of carbonyl (C=O) groups is 2. The van der Waals surface area contributed by atoms with Crippen molar-refractivity contribution in [2.45, 2.75) is 43.6 Å². The summed E-state index contributed by atoms with van der Waals surface area (Å²) in [6, 6.07) is 7.23. The zero-order valence-corrected chi connectivity index (χ0v) is 12.6. The van der Waals surface area contributed by atoms with Crippen LogP contribution in [-0.2, 0) is 15.0 Å². The minimum Gasteiger partial charge on any atom is -0.480 e. The van der Waals surface area contributed by atoms with Gasteiger partial charge in [-0.05, 0) is 56.2 Å². The molecule has 1 aromatic carbocycles. The maximum absolute atomic E-state index is 12.7. The van der Waals surface area contributed by atoms with Crippen LogP contribution in [0.4, 0.5) is 0 Å². The smallest absolute Gasteiger partial charge is 0.329 e. The maximum Gasteiger partial charge on any atom is 0.329 e. The summed E-state index contributed by atoms with van der Waals surface area (Å²) in [5, 5.41) is 12.9. The first-order valence-electron chi connectivity index (χ1n) is 7.20. The van der Waals surface area contributed by atoms with Gasteiger partial charge in [0.25, 0.3) is 0 Å². The van der Waals surface area contributed by atoms with Crippen LogP contribution < -0.4 is 5.32 Å². The summed E-state index contributed by atoms with van der Waals surface area (Å²) in [6.07, 6.45) is 3.22. The molecule has 1 unspecified atom stereocenters. The molecule has 0 spiro atoms.